The molecule has 0 atom stereocenters. The van der Waals surface area contributed by atoms with Crippen molar-refractivity contribution in [1.29, 1.82) is 0 Å². The first-order valence-electron chi connectivity index (χ1n) is 6.96. The summed E-state index contributed by atoms with van der Waals surface area (Å²) in [5.74, 6) is 0.690. The van der Waals surface area contributed by atoms with Crippen LogP contribution in [0.3, 0.4) is 0 Å². The van der Waals surface area contributed by atoms with Crippen LogP contribution in [0, 0.1) is 0 Å². The van der Waals surface area contributed by atoms with E-state index in [4.69, 9.17) is 0 Å². The SMILES string of the molecule is CC1(O)CCN(Cc2nc3ccccc3c(=O)[nH]2)CC1. The second-order valence-corrected chi connectivity index (χ2v) is 5.80. The molecule has 3 rings (SSSR count). The Morgan fingerprint density at radius 3 is 2.80 bits per heavy atom. The minimum atomic E-state index is -0.555. The first-order chi connectivity index (χ1) is 9.53. The molecule has 106 valence electrons. The summed E-state index contributed by atoms with van der Waals surface area (Å²) >= 11 is 0. The van der Waals surface area contributed by atoms with E-state index in [0.29, 0.717) is 17.8 Å². The number of H-pyrrole nitrogens is 1. The molecule has 20 heavy (non-hydrogen) atoms. The van der Waals surface area contributed by atoms with Crippen LogP contribution >= 0.6 is 0 Å². The fraction of sp³-hybridized carbons (Fsp3) is 0.467. The monoisotopic (exact) mass is 273 g/mol. The fourth-order valence-electron chi connectivity index (χ4n) is 2.61. The van der Waals surface area contributed by atoms with Gasteiger partial charge in [-0.25, -0.2) is 4.98 Å². The number of benzene rings is 1. The van der Waals surface area contributed by atoms with Crippen molar-refractivity contribution >= 4 is 10.9 Å². The van der Waals surface area contributed by atoms with Crippen LogP contribution in [-0.4, -0.2) is 38.7 Å². The van der Waals surface area contributed by atoms with Crippen LogP contribution in [0.4, 0.5) is 0 Å². The van der Waals surface area contributed by atoms with E-state index in [0.717, 1.165) is 31.4 Å². The van der Waals surface area contributed by atoms with Crippen molar-refractivity contribution < 1.29 is 5.11 Å². The van der Waals surface area contributed by atoms with E-state index in [2.05, 4.69) is 14.9 Å². The van der Waals surface area contributed by atoms with Crippen molar-refractivity contribution in [2.45, 2.75) is 31.9 Å². The zero-order valence-corrected chi connectivity index (χ0v) is 11.6. The lowest BCUT2D eigenvalue weighted by molar-refractivity contribution is -0.00787. The number of hydrogen-bond donors (Lipinski definition) is 2. The maximum atomic E-state index is 12.0. The van der Waals surface area contributed by atoms with Gasteiger partial charge in [0.1, 0.15) is 5.82 Å². The number of aromatic amines is 1. The largest absolute Gasteiger partial charge is 0.390 e. The van der Waals surface area contributed by atoms with Gasteiger partial charge in [0.15, 0.2) is 0 Å². The van der Waals surface area contributed by atoms with Gasteiger partial charge >= 0.3 is 0 Å². The minimum absolute atomic E-state index is 0.0883. The lowest BCUT2D eigenvalue weighted by atomic mass is 9.94. The van der Waals surface area contributed by atoms with Gasteiger partial charge in [0.05, 0.1) is 23.0 Å². The van der Waals surface area contributed by atoms with Crippen molar-refractivity contribution in [3.63, 3.8) is 0 Å². The highest BCUT2D eigenvalue weighted by Crippen LogP contribution is 2.21. The molecule has 1 aromatic heterocycles. The Labute approximate surface area is 117 Å². The number of para-hydroxylation sites is 1. The molecule has 1 aliphatic rings. The smallest absolute Gasteiger partial charge is 0.258 e. The summed E-state index contributed by atoms with van der Waals surface area (Å²) in [7, 11) is 0. The normalized spacial score (nSPS) is 19.3. The summed E-state index contributed by atoms with van der Waals surface area (Å²) in [5.41, 5.74) is 0.0886. The van der Waals surface area contributed by atoms with Crippen LogP contribution in [0.5, 0.6) is 0 Å². The van der Waals surface area contributed by atoms with Gasteiger partial charge in [-0.2, -0.15) is 0 Å². The van der Waals surface area contributed by atoms with Crippen LogP contribution in [0.1, 0.15) is 25.6 Å². The zero-order chi connectivity index (χ0) is 14.2. The Morgan fingerprint density at radius 1 is 1.35 bits per heavy atom. The van der Waals surface area contributed by atoms with Gasteiger partial charge in [-0.05, 0) is 31.9 Å². The molecule has 0 aliphatic carbocycles. The summed E-state index contributed by atoms with van der Waals surface area (Å²) in [6.45, 7) is 4.14. The highest BCUT2D eigenvalue weighted by molar-refractivity contribution is 5.77. The van der Waals surface area contributed by atoms with Gasteiger partial charge in [0.2, 0.25) is 0 Å². The van der Waals surface area contributed by atoms with Crippen LogP contribution < -0.4 is 5.56 Å². The lowest BCUT2D eigenvalue weighted by Crippen LogP contribution is -2.42. The highest BCUT2D eigenvalue weighted by Gasteiger charge is 2.27. The zero-order valence-electron chi connectivity index (χ0n) is 11.6. The predicted octanol–water partition coefficient (Wildman–Crippen LogP) is 1.27. The van der Waals surface area contributed by atoms with E-state index in [1.165, 1.54) is 0 Å². The maximum Gasteiger partial charge on any atom is 0.258 e. The number of hydrogen-bond acceptors (Lipinski definition) is 4. The molecule has 2 heterocycles. The van der Waals surface area contributed by atoms with E-state index in [1.807, 2.05) is 25.1 Å². The lowest BCUT2D eigenvalue weighted by Gasteiger charge is -2.35. The molecule has 1 aromatic carbocycles. The molecule has 1 aliphatic heterocycles. The van der Waals surface area contributed by atoms with Gasteiger partial charge in [-0.3, -0.25) is 9.69 Å². The van der Waals surface area contributed by atoms with E-state index in [9.17, 15) is 9.90 Å². The molecular formula is C15H19N3O2. The Balaban J connectivity index is 1.80. The van der Waals surface area contributed by atoms with E-state index < -0.39 is 5.60 Å². The molecule has 0 bridgehead atoms. The molecule has 2 aromatic rings. The second kappa shape index (κ2) is 5.00. The molecule has 5 heteroatoms. The topological polar surface area (TPSA) is 69.2 Å². The van der Waals surface area contributed by atoms with Gasteiger partial charge in [0.25, 0.3) is 5.56 Å². The average Bonchev–Trinajstić information content (AvgIpc) is 2.41. The molecule has 1 fully saturated rings. The molecule has 0 unspecified atom stereocenters. The summed E-state index contributed by atoms with van der Waals surface area (Å²) in [5, 5.41) is 10.6. The number of fused-ring (bicyclic) bond motifs is 1. The van der Waals surface area contributed by atoms with Crippen molar-refractivity contribution in [1.82, 2.24) is 14.9 Å². The van der Waals surface area contributed by atoms with Gasteiger partial charge in [0, 0.05) is 13.1 Å². The van der Waals surface area contributed by atoms with Crippen molar-refractivity contribution in [2.24, 2.45) is 0 Å². The quantitative estimate of drug-likeness (QED) is 0.864. The van der Waals surface area contributed by atoms with Crippen LogP contribution in [0.25, 0.3) is 10.9 Å². The minimum Gasteiger partial charge on any atom is -0.390 e. The highest BCUT2D eigenvalue weighted by atomic mass is 16.3. The Bertz CT molecular complexity index is 668. The molecule has 5 nitrogen and oxygen atoms in total. The summed E-state index contributed by atoms with van der Waals surface area (Å²) in [6, 6.07) is 7.36. The molecular weight excluding hydrogens is 254 g/mol. The molecule has 0 radical (unpaired) electrons. The number of nitrogens with zero attached hydrogens (tertiary/aromatic N) is 2. The number of piperidine rings is 1. The van der Waals surface area contributed by atoms with E-state index in [1.54, 1.807) is 6.07 Å². The Hall–Kier alpha value is -1.72. The van der Waals surface area contributed by atoms with Gasteiger partial charge in [-0.15, -0.1) is 0 Å². The summed E-state index contributed by atoms with van der Waals surface area (Å²) < 4.78 is 0. The Kier molecular flexibility index (Phi) is 3.31. The number of nitrogens with one attached hydrogen (secondary N) is 1. The van der Waals surface area contributed by atoms with Crippen LogP contribution in [-0.2, 0) is 6.54 Å². The van der Waals surface area contributed by atoms with Crippen molar-refractivity contribution in [3.8, 4) is 0 Å². The maximum absolute atomic E-state index is 12.0. The Morgan fingerprint density at radius 2 is 2.05 bits per heavy atom. The molecule has 0 spiro atoms. The molecule has 2 N–H and O–H groups in total. The first kappa shape index (κ1) is 13.3. The second-order valence-electron chi connectivity index (χ2n) is 5.80. The first-order valence-corrected chi connectivity index (χ1v) is 6.96. The van der Waals surface area contributed by atoms with E-state index in [-0.39, 0.29) is 5.56 Å². The van der Waals surface area contributed by atoms with Crippen LogP contribution in [0.15, 0.2) is 29.1 Å². The van der Waals surface area contributed by atoms with Crippen LogP contribution in [0.2, 0.25) is 0 Å². The van der Waals surface area contributed by atoms with Gasteiger partial charge in [-0.1, -0.05) is 12.1 Å². The summed E-state index contributed by atoms with van der Waals surface area (Å²) in [6.07, 6.45) is 1.51. The third-order valence-corrected chi connectivity index (χ3v) is 3.97. The van der Waals surface area contributed by atoms with E-state index >= 15 is 0 Å². The molecule has 0 saturated carbocycles. The number of aliphatic hydroxyl groups is 1. The number of likely N-dealkylation sites (tertiary alicyclic amines) is 1. The third kappa shape index (κ3) is 2.73. The average molecular weight is 273 g/mol. The van der Waals surface area contributed by atoms with Gasteiger partial charge < -0.3 is 10.1 Å². The molecule has 1 saturated heterocycles. The number of aromatic nitrogens is 2. The number of rotatable bonds is 2. The van der Waals surface area contributed by atoms with Crippen molar-refractivity contribution in [3.05, 3.63) is 40.4 Å². The summed E-state index contributed by atoms with van der Waals surface area (Å²) in [4.78, 5) is 21.6. The molecule has 0 amide bonds. The van der Waals surface area contributed by atoms with Crippen molar-refractivity contribution in [2.75, 3.05) is 13.1 Å². The fourth-order valence-corrected chi connectivity index (χ4v) is 2.61. The predicted molar refractivity (Wildman–Crippen MR) is 77.5 cm³/mol. The third-order valence-electron chi connectivity index (χ3n) is 3.97. The standard InChI is InChI=1S/C15H19N3O2/c1-15(20)6-8-18(9-7-15)10-13-16-12-5-3-2-4-11(12)14(19)17-13/h2-5,20H,6-10H2,1H3,(H,16,17,19).